The first-order chi connectivity index (χ1) is 18.2. The zero-order valence-corrected chi connectivity index (χ0v) is 22.2. The Balaban J connectivity index is 1.57. The van der Waals surface area contributed by atoms with E-state index in [9.17, 15) is 18.0 Å². The second kappa shape index (κ2) is 11.9. The van der Waals surface area contributed by atoms with Gasteiger partial charge in [0.25, 0.3) is 15.9 Å². The molecule has 0 radical (unpaired) electrons. The molecule has 9 heteroatoms. The Morgan fingerprint density at radius 1 is 0.842 bits per heavy atom. The van der Waals surface area contributed by atoms with Crippen molar-refractivity contribution in [2.24, 2.45) is 0 Å². The van der Waals surface area contributed by atoms with Gasteiger partial charge >= 0.3 is 0 Å². The molecule has 4 aromatic rings. The minimum Gasteiger partial charge on any atom is -0.348 e. The third kappa shape index (κ3) is 6.59. The van der Waals surface area contributed by atoms with E-state index in [1.807, 2.05) is 43.3 Å². The van der Waals surface area contributed by atoms with E-state index in [-0.39, 0.29) is 22.1 Å². The first kappa shape index (κ1) is 26.9. The lowest BCUT2D eigenvalue weighted by Crippen LogP contribution is -2.38. The number of sulfonamides is 1. The van der Waals surface area contributed by atoms with Crippen LogP contribution >= 0.6 is 11.6 Å². The van der Waals surface area contributed by atoms with Crippen LogP contribution in [0.3, 0.4) is 0 Å². The number of carbonyl (C=O) groups is 2. The summed E-state index contributed by atoms with van der Waals surface area (Å²) in [6.07, 6.45) is 0. The highest BCUT2D eigenvalue weighted by atomic mass is 35.5. The van der Waals surface area contributed by atoms with E-state index in [1.165, 1.54) is 24.3 Å². The predicted octanol–water partition coefficient (Wildman–Crippen LogP) is 5.41. The summed E-state index contributed by atoms with van der Waals surface area (Å²) in [5.41, 5.74) is 2.64. The van der Waals surface area contributed by atoms with Crippen LogP contribution in [0, 0.1) is 6.92 Å². The second-order valence-electron chi connectivity index (χ2n) is 8.57. The van der Waals surface area contributed by atoms with Crippen LogP contribution < -0.4 is 14.9 Å². The van der Waals surface area contributed by atoms with Gasteiger partial charge < -0.3 is 10.6 Å². The lowest BCUT2D eigenvalue weighted by Gasteiger charge is -2.24. The summed E-state index contributed by atoms with van der Waals surface area (Å²) in [6, 6.07) is 28.6. The molecule has 38 heavy (non-hydrogen) atoms. The molecule has 0 bridgehead atoms. The number of amides is 2. The summed E-state index contributed by atoms with van der Waals surface area (Å²) in [6.45, 7) is 1.65. The van der Waals surface area contributed by atoms with Gasteiger partial charge in [0.2, 0.25) is 5.91 Å². The van der Waals surface area contributed by atoms with Crippen LogP contribution in [0.1, 0.15) is 21.5 Å². The molecular weight excluding hydrogens is 522 g/mol. The number of benzene rings is 4. The van der Waals surface area contributed by atoms with Gasteiger partial charge in [-0.2, -0.15) is 0 Å². The quantitative estimate of drug-likeness (QED) is 0.293. The van der Waals surface area contributed by atoms with E-state index < -0.39 is 22.5 Å². The van der Waals surface area contributed by atoms with Crippen LogP contribution in [0.2, 0.25) is 5.02 Å². The first-order valence-corrected chi connectivity index (χ1v) is 13.6. The number of halogens is 1. The summed E-state index contributed by atoms with van der Waals surface area (Å²) in [5.74, 6) is -0.971. The Hall–Kier alpha value is -4.14. The van der Waals surface area contributed by atoms with E-state index >= 15 is 0 Å². The second-order valence-corrected chi connectivity index (χ2v) is 10.9. The maximum Gasteiger partial charge on any atom is 0.264 e. The number of nitrogens with one attached hydrogen (secondary N) is 2. The Morgan fingerprint density at radius 2 is 1.53 bits per heavy atom. The largest absolute Gasteiger partial charge is 0.348 e. The van der Waals surface area contributed by atoms with Crippen molar-refractivity contribution < 1.29 is 18.0 Å². The number of anilines is 2. The highest BCUT2D eigenvalue weighted by molar-refractivity contribution is 7.92. The molecule has 0 heterocycles. The Labute approximate surface area is 227 Å². The van der Waals surface area contributed by atoms with Gasteiger partial charge in [-0.25, -0.2) is 8.42 Å². The highest BCUT2D eigenvalue weighted by Crippen LogP contribution is 2.26. The van der Waals surface area contributed by atoms with Crippen LogP contribution in [-0.4, -0.2) is 26.8 Å². The summed E-state index contributed by atoms with van der Waals surface area (Å²) in [5, 5.41) is 5.95. The summed E-state index contributed by atoms with van der Waals surface area (Å²) in [7, 11) is -4.11. The van der Waals surface area contributed by atoms with Crippen molar-refractivity contribution in [3.8, 4) is 0 Å². The fourth-order valence-corrected chi connectivity index (χ4v) is 5.35. The number of nitrogens with zero attached hydrogens (tertiary/aromatic N) is 1. The molecule has 7 nitrogen and oxygen atoms in total. The first-order valence-electron chi connectivity index (χ1n) is 11.8. The number of hydrogen-bond acceptors (Lipinski definition) is 4. The molecule has 0 aliphatic heterocycles. The monoisotopic (exact) mass is 547 g/mol. The average molecular weight is 548 g/mol. The van der Waals surface area contributed by atoms with E-state index in [4.69, 9.17) is 11.6 Å². The standard InChI is InChI=1S/C29H26ClN3O4S/c1-21-8-7-11-24(18-21)33(38(36,37)25-16-14-23(30)15-17-25)20-28(34)32-27-13-6-5-12-26(27)29(35)31-19-22-9-3-2-4-10-22/h2-18H,19-20H2,1H3,(H,31,35)(H,32,34). The van der Waals surface area contributed by atoms with Crippen molar-refractivity contribution >= 4 is 44.8 Å². The SMILES string of the molecule is Cc1cccc(N(CC(=O)Nc2ccccc2C(=O)NCc2ccccc2)S(=O)(=O)c2ccc(Cl)cc2)c1. The smallest absolute Gasteiger partial charge is 0.264 e. The molecule has 0 spiro atoms. The minimum atomic E-state index is -4.11. The molecule has 0 aliphatic rings. The summed E-state index contributed by atoms with van der Waals surface area (Å²) >= 11 is 5.95. The van der Waals surface area contributed by atoms with E-state index in [2.05, 4.69) is 10.6 Å². The zero-order valence-electron chi connectivity index (χ0n) is 20.6. The van der Waals surface area contributed by atoms with Crippen LogP contribution in [0.4, 0.5) is 11.4 Å². The number of hydrogen-bond donors (Lipinski definition) is 2. The van der Waals surface area contributed by atoms with Gasteiger partial charge in [0.1, 0.15) is 6.54 Å². The van der Waals surface area contributed by atoms with Crippen LogP contribution in [0.5, 0.6) is 0 Å². The number of rotatable bonds is 9. The van der Waals surface area contributed by atoms with Crippen molar-refractivity contribution in [2.45, 2.75) is 18.4 Å². The van der Waals surface area contributed by atoms with Crippen molar-refractivity contribution in [2.75, 3.05) is 16.2 Å². The van der Waals surface area contributed by atoms with Gasteiger partial charge in [-0.1, -0.05) is 66.2 Å². The van der Waals surface area contributed by atoms with Crippen molar-refractivity contribution in [3.63, 3.8) is 0 Å². The number of aryl methyl sites for hydroxylation is 1. The molecule has 0 atom stereocenters. The number of para-hydroxylation sites is 1. The molecule has 0 fully saturated rings. The molecule has 194 valence electrons. The van der Waals surface area contributed by atoms with Crippen LogP contribution in [0.15, 0.2) is 108 Å². The van der Waals surface area contributed by atoms with Gasteiger partial charge in [0, 0.05) is 11.6 Å². The lowest BCUT2D eigenvalue weighted by atomic mass is 10.1. The molecule has 0 unspecified atom stereocenters. The Bertz CT molecular complexity index is 1540. The molecule has 4 aromatic carbocycles. The zero-order chi connectivity index (χ0) is 27.1. The van der Waals surface area contributed by atoms with Crippen molar-refractivity contribution in [3.05, 3.63) is 125 Å². The van der Waals surface area contributed by atoms with E-state index in [1.54, 1.807) is 42.5 Å². The van der Waals surface area contributed by atoms with Gasteiger partial charge in [0.15, 0.2) is 0 Å². The number of carbonyl (C=O) groups excluding carboxylic acids is 2. The van der Waals surface area contributed by atoms with Crippen LogP contribution in [0.25, 0.3) is 0 Å². The Morgan fingerprint density at radius 3 is 2.24 bits per heavy atom. The Kier molecular flexibility index (Phi) is 8.45. The third-order valence-electron chi connectivity index (χ3n) is 5.72. The van der Waals surface area contributed by atoms with E-state index in [0.29, 0.717) is 17.3 Å². The maximum absolute atomic E-state index is 13.6. The predicted molar refractivity (Wildman–Crippen MR) is 150 cm³/mol. The molecule has 2 N–H and O–H groups in total. The molecule has 0 saturated heterocycles. The molecule has 4 rings (SSSR count). The molecular formula is C29H26ClN3O4S. The van der Waals surface area contributed by atoms with Gasteiger partial charge in [-0.15, -0.1) is 0 Å². The summed E-state index contributed by atoms with van der Waals surface area (Å²) in [4.78, 5) is 26.1. The minimum absolute atomic E-state index is 0.00287. The topological polar surface area (TPSA) is 95.6 Å². The van der Waals surface area contributed by atoms with Gasteiger partial charge in [0.05, 0.1) is 21.8 Å². The fourth-order valence-electron chi connectivity index (χ4n) is 3.82. The van der Waals surface area contributed by atoms with Crippen LogP contribution in [-0.2, 0) is 21.4 Å². The maximum atomic E-state index is 13.6. The highest BCUT2D eigenvalue weighted by Gasteiger charge is 2.28. The fraction of sp³-hybridized carbons (Fsp3) is 0.103. The third-order valence-corrected chi connectivity index (χ3v) is 7.76. The average Bonchev–Trinajstić information content (AvgIpc) is 2.91. The van der Waals surface area contributed by atoms with Crippen molar-refractivity contribution in [1.82, 2.24) is 5.32 Å². The molecule has 2 amide bonds. The van der Waals surface area contributed by atoms with Crippen molar-refractivity contribution in [1.29, 1.82) is 0 Å². The normalized spacial score (nSPS) is 11.0. The van der Waals surface area contributed by atoms with Gasteiger partial charge in [-0.3, -0.25) is 13.9 Å². The lowest BCUT2D eigenvalue weighted by molar-refractivity contribution is -0.114. The summed E-state index contributed by atoms with van der Waals surface area (Å²) < 4.78 is 28.2. The van der Waals surface area contributed by atoms with E-state index in [0.717, 1.165) is 15.4 Å². The van der Waals surface area contributed by atoms with Gasteiger partial charge in [-0.05, 0) is 66.6 Å². The molecule has 0 aliphatic carbocycles. The molecule has 0 saturated carbocycles. The molecule has 0 aromatic heterocycles.